The van der Waals surface area contributed by atoms with Gasteiger partial charge in [-0.05, 0) is 19.1 Å². The van der Waals surface area contributed by atoms with Gasteiger partial charge in [0, 0.05) is 50.8 Å². The second-order valence-electron chi connectivity index (χ2n) is 6.67. The van der Waals surface area contributed by atoms with Gasteiger partial charge in [-0.3, -0.25) is 14.8 Å². The highest BCUT2D eigenvalue weighted by Gasteiger charge is 2.44. The standard InChI is InChI=1S/C18H24N2O6.H2S/c1-12-11-26-15-9-13(16(21)19-23)3-4-14(15)10-20(12)17(22)18(24-2)5-7-25-8-6-18;/h3-4,9,12,23H,5-8,10-11H2,1-2H3,(H,19,21);1H2/t12-;/m0./s1. The number of rotatable bonds is 3. The van der Waals surface area contributed by atoms with Crippen molar-refractivity contribution >= 4 is 25.3 Å². The third-order valence-electron chi connectivity index (χ3n) is 5.13. The molecule has 2 amide bonds. The fourth-order valence-electron chi connectivity index (χ4n) is 3.41. The molecule has 0 radical (unpaired) electrons. The average molecular weight is 398 g/mol. The minimum Gasteiger partial charge on any atom is -0.491 e. The minimum atomic E-state index is -0.867. The number of amides is 2. The lowest BCUT2D eigenvalue weighted by molar-refractivity contribution is -0.169. The molecular formula is C18H26N2O6S. The van der Waals surface area contributed by atoms with E-state index < -0.39 is 11.5 Å². The van der Waals surface area contributed by atoms with Crippen LogP contribution in [0.25, 0.3) is 0 Å². The van der Waals surface area contributed by atoms with Crippen molar-refractivity contribution in [1.82, 2.24) is 10.4 Å². The highest BCUT2D eigenvalue weighted by Crippen LogP contribution is 2.32. The summed E-state index contributed by atoms with van der Waals surface area (Å²) >= 11 is 0. The van der Waals surface area contributed by atoms with E-state index in [9.17, 15) is 9.59 Å². The first-order valence-electron chi connectivity index (χ1n) is 8.65. The number of fused-ring (bicyclic) bond motifs is 1. The first-order valence-corrected chi connectivity index (χ1v) is 8.65. The van der Waals surface area contributed by atoms with E-state index in [2.05, 4.69) is 0 Å². The Hall–Kier alpha value is -1.81. The summed E-state index contributed by atoms with van der Waals surface area (Å²) in [5, 5.41) is 8.79. The second kappa shape index (κ2) is 8.92. The highest BCUT2D eigenvalue weighted by atomic mass is 32.1. The fourth-order valence-corrected chi connectivity index (χ4v) is 3.41. The van der Waals surface area contributed by atoms with Gasteiger partial charge in [-0.1, -0.05) is 6.07 Å². The van der Waals surface area contributed by atoms with Gasteiger partial charge in [0.15, 0.2) is 5.60 Å². The zero-order chi connectivity index (χ0) is 18.7. The molecule has 0 aromatic heterocycles. The number of nitrogens with zero attached hydrogens (tertiary/aromatic N) is 1. The predicted molar refractivity (Wildman–Crippen MR) is 101 cm³/mol. The molecule has 9 heteroatoms. The molecule has 2 aliphatic heterocycles. The Morgan fingerprint density at radius 3 is 2.67 bits per heavy atom. The van der Waals surface area contributed by atoms with Crippen molar-refractivity contribution in [1.29, 1.82) is 0 Å². The van der Waals surface area contributed by atoms with Crippen molar-refractivity contribution in [2.24, 2.45) is 0 Å². The normalized spacial score (nSPS) is 21.1. The Morgan fingerprint density at radius 1 is 1.33 bits per heavy atom. The highest BCUT2D eigenvalue weighted by molar-refractivity contribution is 7.59. The van der Waals surface area contributed by atoms with Gasteiger partial charge >= 0.3 is 0 Å². The monoisotopic (exact) mass is 398 g/mol. The van der Waals surface area contributed by atoms with Gasteiger partial charge in [0.25, 0.3) is 11.8 Å². The van der Waals surface area contributed by atoms with Crippen LogP contribution in [0.1, 0.15) is 35.7 Å². The van der Waals surface area contributed by atoms with Crippen molar-refractivity contribution in [3.8, 4) is 5.75 Å². The Labute approximate surface area is 165 Å². The van der Waals surface area contributed by atoms with Crippen LogP contribution >= 0.6 is 13.5 Å². The molecule has 0 aliphatic carbocycles. The molecule has 2 aliphatic rings. The van der Waals surface area contributed by atoms with E-state index in [0.717, 1.165) is 5.56 Å². The zero-order valence-electron chi connectivity index (χ0n) is 15.5. The van der Waals surface area contributed by atoms with Gasteiger partial charge < -0.3 is 19.1 Å². The van der Waals surface area contributed by atoms with Gasteiger partial charge in [0.2, 0.25) is 0 Å². The van der Waals surface area contributed by atoms with Crippen LogP contribution in [-0.2, 0) is 20.8 Å². The molecular weight excluding hydrogens is 372 g/mol. The maximum absolute atomic E-state index is 13.3. The Kier molecular flexibility index (Phi) is 7.10. The molecule has 2 N–H and O–H groups in total. The van der Waals surface area contributed by atoms with Gasteiger partial charge in [0.1, 0.15) is 12.4 Å². The number of methoxy groups -OCH3 is 1. The SMILES string of the molecule is COC1(C(=O)N2Cc3ccc(C(=O)NO)cc3OC[C@@H]2C)CCOCC1.S. The number of ether oxygens (including phenoxy) is 3. The lowest BCUT2D eigenvalue weighted by Gasteiger charge is -2.39. The van der Waals surface area contributed by atoms with E-state index in [1.165, 1.54) is 0 Å². The summed E-state index contributed by atoms with van der Waals surface area (Å²) in [4.78, 5) is 26.7. The van der Waals surface area contributed by atoms with Gasteiger partial charge in [-0.2, -0.15) is 13.5 Å². The van der Waals surface area contributed by atoms with E-state index in [1.54, 1.807) is 35.7 Å². The van der Waals surface area contributed by atoms with Crippen LogP contribution in [0.4, 0.5) is 0 Å². The molecule has 2 heterocycles. The molecule has 8 nitrogen and oxygen atoms in total. The molecule has 0 bridgehead atoms. The predicted octanol–water partition coefficient (Wildman–Crippen LogP) is 1.22. The zero-order valence-corrected chi connectivity index (χ0v) is 16.5. The average Bonchev–Trinajstić information content (AvgIpc) is 2.85. The van der Waals surface area contributed by atoms with Crippen LogP contribution in [-0.4, -0.2) is 60.5 Å². The Balaban J connectivity index is 0.00000261. The van der Waals surface area contributed by atoms with Crippen LogP contribution < -0.4 is 10.2 Å². The van der Waals surface area contributed by atoms with E-state index >= 15 is 0 Å². The van der Waals surface area contributed by atoms with Crippen molar-refractivity contribution in [2.45, 2.75) is 38.0 Å². The van der Waals surface area contributed by atoms with Crippen LogP contribution in [0.2, 0.25) is 0 Å². The van der Waals surface area contributed by atoms with Crippen molar-refractivity contribution in [3.63, 3.8) is 0 Å². The summed E-state index contributed by atoms with van der Waals surface area (Å²) in [6.45, 7) is 3.58. The molecule has 27 heavy (non-hydrogen) atoms. The van der Waals surface area contributed by atoms with E-state index in [0.29, 0.717) is 45.0 Å². The van der Waals surface area contributed by atoms with Crippen LogP contribution in [0.3, 0.4) is 0 Å². The molecule has 1 aromatic carbocycles. The lowest BCUT2D eigenvalue weighted by Crippen LogP contribution is -2.55. The van der Waals surface area contributed by atoms with Crippen molar-refractivity contribution in [3.05, 3.63) is 29.3 Å². The Bertz CT molecular complexity index is 692. The molecule has 3 rings (SSSR count). The molecule has 0 unspecified atom stereocenters. The van der Waals surface area contributed by atoms with E-state index in [-0.39, 0.29) is 31.0 Å². The maximum Gasteiger partial charge on any atom is 0.274 e. The molecule has 1 atom stereocenters. The van der Waals surface area contributed by atoms with E-state index in [4.69, 9.17) is 19.4 Å². The number of carbonyl (C=O) groups excluding carboxylic acids is 2. The smallest absolute Gasteiger partial charge is 0.274 e. The largest absolute Gasteiger partial charge is 0.491 e. The summed E-state index contributed by atoms with van der Waals surface area (Å²) in [7, 11) is 1.57. The topological polar surface area (TPSA) is 97.3 Å². The third-order valence-corrected chi connectivity index (χ3v) is 5.13. The van der Waals surface area contributed by atoms with Crippen molar-refractivity contribution < 1.29 is 29.0 Å². The van der Waals surface area contributed by atoms with Crippen molar-refractivity contribution in [2.75, 3.05) is 26.9 Å². The second-order valence-corrected chi connectivity index (χ2v) is 6.67. The lowest BCUT2D eigenvalue weighted by atomic mass is 9.91. The summed E-state index contributed by atoms with van der Waals surface area (Å²) in [5.74, 6) is -0.140. The third kappa shape index (κ3) is 4.21. The molecule has 1 fully saturated rings. The number of nitrogens with one attached hydrogen (secondary N) is 1. The van der Waals surface area contributed by atoms with Gasteiger partial charge in [0.05, 0.1) is 6.04 Å². The molecule has 1 aromatic rings. The first kappa shape index (κ1) is 21.5. The quantitative estimate of drug-likeness (QED) is 0.587. The van der Waals surface area contributed by atoms with Crippen LogP contribution in [0, 0.1) is 0 Å². The van der Waals surface area contributed by atoms with Gasteiger partial charge in [-0.25, -0.2) is 5.48 Å². The number of hydrogen-bond acceptors (Lipinski definition) is 6. The summed E-state index contributed by atoms with van der Waals surface area (Å²) < 4.78 is 16.8. The van der Waals surface area contributed by atoms with E-state index in [1.807, 2.05) is 6.92 Å². The summed E-state index contributed by atoms with van der Waals surface area (Å²) in [5.41, 5.74) is 1.83. The Morgan fingerprint density at radius 2 is 2.04 bits per heavy atom. The molecule has 0 spiro atoms. The summed E-state index contributed by atoms with van der Waals surface area (Å²) in [6, 6.07) is 4.75. The number of hydrogen-bond donors (Lipinski definition) is 2. The van der Waals surface area contributed by atoms with Crippen LogP contribution in [0.15, 0.2) is 18.2 Å². The number of carbonyl (C=O) groups is 2. The minimum absolute atomic E-state index is 0. The maximum atomic E-state index is 13.3. The van der Waals surface area contributed by atoms with Gasteiger partial charge in [-0.15, -0.1) is 0 Å². The number of hydroxylamine groups is 1. The summed E-state index contributed by atoms with van der Waals surface area (Å²) in [6.07, 6.45) is 1.05. The fraction of sp³-hybridized carbons (Fsp3) is 0.556. The molecule has 1 saturated heterocycles. The number of benzene rings is 1. The molecule has 0 saturated carbocycles. The van der Waals surface area contributed by atoms with Crippen LogP contribution in [0.5, 0.6) is 5.75 Å². The first-order chi connectivity index (χ1) is 12.5. The molecule has 150 valence electrons.